The Hall–Kier alpha value is -2.63. The van der Waals surface area contributed by atoms with Crippen molar-refractivity contribution in [1.29, 1.82) is 0 Å². The normalized spacial score (nSPS) is 20.1. The highest BCUT2D eigenvalue weighted by Gasteiger charge is 2.38. The van der Waals surface area contributed by atoms with Crippen LogP contribution in [0.4, 0.5) is 5.69 Å². The number of amides is 2. The average molecular weight is 339 g/mol. The molecule has 2 aromatic rings. The zero-order valence-electron chi connectivity index (χ0n) is 14.5. The van der Waals surface area contributed by atoms with Crippen LogP contribution < -0.4 is 4.90 Å². The van der Waals surface area contributed by atoms with Gasteiger partial charge in [-0.15, -0.1) is 0 Å². The van der Waals surface area contributed by atoms with Gasteiger partial charge < -0.3 is 14.3 Å². The molecule has 2 aliphatic heterocycles. The number of hydrogen-bond acceptors (Lipinski definition) is 4. The maximum Gasteiger partial charge on any atom is 0.228 e. The van der Waals surface area contributed by atoms with Gasteiger partial charge in [0.25, 0.3) is 0 Å². The molecule has 1 saturated heterocycles. The molecule has 0 saturated carbocycles. The first-order valence-corrected chi connectivity index (χ1v) is 8.62. The largest absolute Gasteiger partial charge is 0.361 e. The molecule has 1 aromatic heterocycles. The number of fused-ring (bicyclic) bond motifs is 1. The molecule has 4 rings (SSSR count). The van der Waals surface area contributed by atoms with E-state index in [9.17, 15) is 9.59 Å². The third-order valence-corrected chi connectivity index (χ3v) is 5.29. The fourth-order valence-corrected chi connectivity index (χ4v) is 3.60. The summed E-state index contributed by atoms with van der Waals surface area (Å²) in [5.74, 6) is 0.648. The molecule has 1 atom stereocenters. The van der Waals surface area contributed by atoms with Gasteiger partial charge >= 0.3 is 0 Å². The minimum absolute atomic E-state index is 0.0179. The molecule has 0 aliphatic carbocycles. The summed E-state index contributed by atoms with van der Waals surface area (Å²) in [4.78, 5) is 28.9. The van der Waals surface area contributed by atoms with Gasteiger partial charge in [0.15, 0.2) is 0 Å². The first-order chi connectivity index (χ1) is 12.0. The molecule has 0 N–H and O–H groups in total. The van der Waals surface area contributed by atoms with Crippen molar-refractivity contribution in [1.82, 2.24) is 10.1 Å². The standard InChI is InChI=1S/C19H21N3O3/c1-12-3-4-16(7-13(12)2)22-11-14(8-18(22)23)19(24)21-6-5-17-15(10-21)9-20-25-17/h3-4,7,9,14H,5-6,8,10-11H2,1-2H3. The summed E-state index contributed by atoms with van der Waals surface area (Å²) in [6, 6.07) is 5.99. The van der Waals surface area contributed by atoms with Crippen molar-refractivity contribution in [2.24, 2.45) is 5.92 Å². The second-order valence-corrected chi connectivity index (χ2v) is 6.96. The van der Waals surface area contributed by atoms with Gasteiger partial charge in [0.2, 0.25) is 11.8 Å². The van der Waals surface area contributed by atoms with Crippen molar-refractivity contribution in [2.45, 2.75) is 33.2 Å². The summed E-state index contributed by atoms with van der Waals surface area (Å²) < 4.78 is 5.17. The van der Waals surface area contributed by atoms with Gasteiger partial charge in [-0.2, -0.15) is 0 Å². The second-order valence-electron chi connectivity index (χ2n) is 6.96. The van der Waals surface area contributed by atoms with Crippen LogP contribution in [0.2, 0.25) is 0 Å². The Bertz CT molecular complexity index is 842. The highest BCUT2D eigenvalue weighted by Crippen LogP contribution is 2.29. The van der Waals surface area contributed by atoms with Gasteiger partial charge in [-0.05, 0) is 37.1 Å². The molecule has 1 aromatic carbocycles. The lowest BCUT2D eigenvalue weighted by Crippen LogP contribution is -2.40. The molecular weight excluding hydrogens is 318 g/mol. The molecular formula is C19H21N3O3. The Balaban J connectivity index is 1.48. The lowest BCUT2D eigenvalue weighted by Gasteiger charge is -2.28. The first kappa shape index (κ1) is 15.9. The fraction of sp³-hybridized carbons (Fsp3) is 0.421. The van der Waals surface area contributed by atoms with Crippen LogP contribution >= 0.6 is 0 Å². The van der Waals surface area contributed by atoms with E-state index in [-0.39, 0.29) is 24.2 Å². The predicted octanol–water partition coefficient (Wildman–Crippen LogP) is 2.23. The topological polar surface area (TPSA) is 66.7 Å². The number of rotatable bonds is 2. The summed E-state index contributed by atoms with van der Waals surface area (Å²) >= 11 is 0. The molecule has 0 spiro atoms. The van der Waals surface area contributed by atoms with E-state index in [1.807, 2.05) is 36.9 Å². The first-order valence-electron chi connectivity index (χ1n) is 8.62. The molecule has 1 fully saturated rings. The SMILES string of the molecule is Cc1ccc(N2CC(C(=O)N3CCc4oncc4C3)CC2=O)cc1C. The number of carbonyl (C=O) groups is 2. The van der Waals surface area contributed by atoms with Gasteiger partial charge in [0, 0.05) is 37.2 Å². The molecule has 2 aliphatic rings. The van der Waals surface area contributed by atoms with Crippen molar-refractivity contribution >= 4 is 17.5 Å². The predicted molar refractivity (Wildman–Crippen MR) is 92.0 cm³/mol. The summed E-state index contributed by atoms with van der Waals surface area (Å²) in [6.07, 6.45) is 2.64. The molecule has 1 unspecified atom stereocenters. The number of aromatic nitrogens is 1. The van der Waals surface area contributed by atoms with E-state index >= 15 is 0 Å². The zero-order chi connectivity index (χ0) is 17.6. The molecule has 25 heavy (non-hydrogen) atoms. The number of anilines is 1. The van der Waals surface area contributed by atoms with Gasteiger partial charge in [0.05, 0.1) is 18.7 Å². The van der Waals surface area contributed by atoms with Crippen LogP contribution in [0.15, 0.2) is 28.9 Å². The Morgan fingerprint density at radius 2 is 2.12 bits per heavy atom. The van der Waals surface area contributed by atoms with Gasteiger partial charge in [-0.25, -0.2) is 0 Å². The third-order valence-electron chi connectivity index (χ3n) is 5.29. The Kier molecular flexibility index (Phi) is 3.82. The third kappa shape index (κ3) is 2.81. The Morgan fingerprint density at radius 1 is 1.28 bits per heavy atom. The van der Waals surface area contributed by atoms with Crippen molar-refractivity contribution in [3.63, 3.8) is 0 Å². The molecule has 3 heterocycles. The molecule has 2 amide bonds. The van der Waals surface area contributed by atoms with Gasteiger partial charge in [-0.1, -0.05) is 11.2 Å². The quantitative estimate of drug-likeness (QED) is 0.841. The van der Waals surface area contributed by atoms with E-state index in [1.54, 1.807) is 11.1 Å². The molecule has 6 nitrogen and oxygen atoms in total. The van der Waals surface area contributed by atoms with E-state index in [0.717, 1.165) is 22.6 Å². The van der Waals surface area contributed by atoms with Crippen molar-refractivity contribution < 1.29 is 14.1 Å². The molecule has 6 heteroatoms. The highest BCUT2D eigenvalue weighted by molar-refractivity contribution is 6.00. The summed E-state index contributed by atoms with van der Waals surface area (Å²) in [5.41, 5.74) is 4.19. The lowest BCUT2D eigenvalue weighted by atomic mass is 10.0. The van der Waals surface area contributed by atoms with E-state index in [1.165, 1.54) is 5.56 Å². The maximum atomic E-state index is 12.9. The monoisotopic (exact) mass is 339 g/mol. The zero-order valence-corrected chi connectivity index (χ0v) is 14.5. The fourth-order valence-electron chi connectivity index (χ4n) is 3.60. The van der Waals surface area contributed by atoms with Gasteiger partial charge in [0.1, 0.15) is 5.76 Å². The molecule has 0 radical (unpaired) electrons. The van der Waals surface area contributed by atoms with Crippen LogP contribution in [0.1, 0.15) is 28.9 Å². The second kappa shape index (κ2) is 6.02. The number of hydrogen-bond donors (Lipinski definition) is 0. The molecule has 0 bridgehead atoms. The Morgan fingerprint density at radius 3 is 2.92 bits per heavy atom. The lowest BCUT2D eigenvalue weighted by molar-refractivity contribution is -0.136. The van der Waals surface area contributed by atoms with Crippen LogP contribution in [-0.4, -0.2) is 35.0 Å². The average Bonchev–Trinajstić information content (AvgIpc) is 3.22. The van der Waals surface area contributed by atoms with Crippen LogP contribution in [-0.2, 0) is 22.6 Å². The molecule has 130 valence electrons. The van der Waals surface area contributed by atoms with Crippen LogP contribution in [0, 0.1) is 19.8 Å². The number of benzene rings is 1. The highest BCUT2D eigenvalue weighted by atomic mass is 16.5. The van der Waals surface area contributed by atoms with E-state index in [4.69, 9.17) is 4.52 Å². The van der Waals surface area contributed by atoms with Crippen molar-refractivity contribution in [3.05, 3.63) is 46.8 Å². The van der Waals surface area contributed by atoms with Crippen LogP contribution in [0.5, 0.6) is 0 Å². The minimum atomic E-state index is -0.282. The number of nitrogens with zero attached hydrogens (tertiary/aromatic N) is 3. The number of carbonyl (C=O) groups excluding carboxylic acids is 2. The maximum absolute atomic E-state index is 12.9. The summed E-state index contributed by atoms with van der Waals surface area (Å²) in [5, 5.41) is 3.80. The van der Waals surface area contributed by atoms with Crippen molar-refractivity contribution in [3.8, 4) is 0 Å². The van der Waals surface area contributed by atoms with E-state index < -0.39 is 0 Å². The minimum Gasteiger partial charge on any atom is -0.361 e. The van der Waals surface area contributed by atoms with E-state index in [0.29, 0.717) is 26.1 Å². The summed E-state index contributed by atoms with van der Waals surface area (Å²) in [7, 11) is 0. The van der Waals surface area contributed by atoms with Crippen LogP contribution in [0.3, 0.4) is 0 Å². The van der Waals surface area contributed by atoms with Crippen molar-refractivity contribution in [2.75, 3.05) is 18.0 Å². The smallest absolute Gasteiger partial charge is 0.228 e. The van der Waals surface area contributed by atoms with E-state index in [2.05, 4.69) is 5.16 Å². The summed E-state index contributed by atoms with van der Waals surface area (Å²) in [6.45, 7) is 5.67. The van der Waals surface area contributed by atoms with Gasteiger partial charge in [-0.3, -0.25) is 9.59 Å². The van der Waals surface area contributed by atoms with Crippen LogP contribution in [0.25, 0.3) is 0 Å². The number of aryl methyl sites for hydroxylation is 2. The Labute approximate surface area is 146 Å².